The Bertz CT molecular complexity index is 1230. The predicted octanol–water partition coefficient (Wildman–Crippen LogP) is 6.83. The van der Waals surface area contributed by atoms with Gasteiger partial charge in [0.05, 0.1) is 10.6 Å². The first-order valence-electron chi connectivity index (χ1n) is 11.3. The number of amides is 1. The Kier molecular flexibility index (Phi) is 6.86. The highest BCUT2D eigenvalue weighted by molar-refractivity contribution is 8.26. The molecule has 1 saturated heterocycles. The standard InChI is InChI=1S/C27H29N3OS2/c1-17(2)15-29-26(31)24(33-27(29)32)14-21-16-30(22-9-7-6-8-10-22)28-25(21)23-13-20(18(3)4)12-11-19(23)5/h6-14,16-18H,15H2,1-5H3/b24-14-. The molecule has 4 nitrogen and oxygen atoms in total. The summed E-state index contributed by atoms with van der Waals surface area (Å²) in [6, 6.07) is 16.6. The number of rotatable bonds is 6. The van der Waals surface area contributed by atoms with E-state index >= 15 is 0 Å². The van der Waals surface area contributed by atoms with Crippen molar-refractivity contribution >= 4 is 40.3 Å². The van der Waals surface area contributed by atoms with Crippen molar-refractivity contribution in [1.29, 1.82) is 0 Å². The lowest BCUT2D eigenvalue weighted by molar-refractivity contribution is -0.122. The molecule has 1 aromatic heterocycles. The molecule has 1 aliphatic heterocycles. The minimum absolute atomic E-state index is 0.0234. The topological polar surface area (TPSA) is 38.1 Å². The molecule has 0 saturated carbocycles. The maximum Gasteiger partial charge on any atom is 0.266 e. The van der Waals surface area contributed by atoms with Gasteiger partial charge in [0.25, 0.3) is 5.91 Å². The molecule has 4 rings (SSSR count). The third kappa shape index (κ3) is 4.97. The molecular weight excluding hydrogens is 446 g/mol. The third-order valence-corrected chi connectivity index (χ3v) is 7.03. The summed E-state index contributed by atoms with van der Waals surface area (Å²) in [5, 5.41) is 4.97. The minimum Gasteiger partial charge on any atom is -0.293 e. The second kappa shape index (κ2) is 9.65. The van der Waals surface area contributed by atoms with Crippen molar-refractivity contribution in [2.75, 3.05) is 6.54 Å². The highest BCUT2D eigenvalue weighted by atomic mass is 32.2. The zero-order chi connectivity index (χ0) is 23.7. The van der Waals surface area contributed by atoms with Gasteiger partial charge in [0, 0.05) is 23.9 Å². The van der Waals surface area contributed by atoms with Crippen LogP contribution in [0.15, 0.2) is 59.6 Å². The summed E-state index contributed by atoms with van der Waals surface area (Å²) in [6.07, 6.45) is 3.95. The summed E-state index contributed by atoms with van der Waals surface area (Å²) in [5.74, 6) is 0.741. The van der Waals surface area contributed by atoms with Crippen LogP contribution in [0.2, 0.25) is 0 Å². The van der Waals surface area contributed by atoms with E-state index in [1.165, 1.54) is 17.3 Å². The van der Waals surface area contributed by atoms with E-state index in [1.54, 1.807) is 4.90 Å². The third-order valence-electron chi connectivity index (χ3n) is 5.65. The summed E-state index contributed by atoms with van der Waals surface area (Å²) in [7, 11) is 0. The lowest BCUT2D eigenvalue weighted by Crippen LogP contribution is -2.31. The van der Waals surface area contributed by atoms with Crippen LogP contribution in [0.5, 0.6) is 0 Å². The Labute approximate surface area is 205 Å². The van der Waals surface area contributed by atoms with Crippen LogP contribution in [0, 0.1) is 12.8 Å². The van der Waals surface area contributed by atoms with E-state index in [0.29, 0.717) is 27.6 Å². The summed E-state index contributed by atoms with van der Waals surface area (Å²) >= 11 is 6.88. The smallest absolute Gasteiger partial charge is 0.266 e. The Balaban J connectivity index is 1.84. The molecule has 3 aromatic rings. The molecule has 0 unspecified atom stereocenters. The minimum atomic E-state index is -0.0234. The molecule has 1 aliphatic rings. The van der Waals surface area contributed by atoms with Gasteiger partial charge in [0.15, 0.2) is 0 Å². The molecule has 0 radical (unpaired) electrons. The van der Waals surface area contributed by atoms with Crippen LogP contribution in [0.1, 0.15) is 50.3 Å². The van der Waals surface area contributed by atoms with Crippen molar-refractivity contribution in [2.24, 2.45) is 5.92 Å². The summed E-state index contributed by atoms with van der Waals surface area (Å²) in [6.45, 7) is 11.3. The van der Waals surface area contributed by atoms with Gasteiger partial charge in [-0.15, -0.1) is 0 Å². The maximum atomic E-state index is 13.1. The Morgan fingerprint density at radius 2 is 1.82 bits per heavy atom. The second-order valence-corrected chi connectivity index (χ2v) is 10.8. The van der Waals surface area contributed by atoms with E-state index in [-0.39, 0.29) is 5.91 Å². The van der Waals surface area contributed by atoms with Gasteiger partial charge in [0.1, 0.15) is 10.0 Å². The molecule has 2 heterocycles. The van der Waals surface area contributed by atoms with Crippen LogP contribution < -0.4 is 0 Å². The SMILES string of the molecule is Cc1ccc(C(C)C)cc1-c1nn(-c2ccccc2)cc1/C=C1\SC(=S)N(CC(C)C)C1=O. The van der Waals surface area contributed by atoms with Crippen molar-refractivity contribution in [3.63, 3.8) is 0 Å². The maximum absolute atomic E-state index is 13.1. The van der Waals surface area contributed by atoms with Crippen LogP contribution in [0.25, 0.3) is 23.0 Å². The summed E-state index contributed by atoms with van der Waals surface area (Å²) < 4.78 is 2.51. The van der Waals surface area contributed by atoms with Gasteiger partial charge >= 0.3 is 0 Å². The van der Waals surface area contributed by atoms with Gasteiger partial charge in [-0.25, -0.2) is 4.68 Å². The molecule has 2 aromatic carbocycles. The van der Waals surface area contributed by atoms with Gasteiger partial charge in [-0.05, 0) is 54.2 Å². The zero-order valence-corrected chi connectivity index (χ0v) is 21.3. The van der Waals surface area contributed by atoms with Crippen LogP contribution in [0.4, 0.5) is 0 Å². The van der Waals surface area contributed by atoms with Crippen molar-refractivity contribution in [3.05, 3.63) is 76.3 Å². The van der Waals surface area contributed by atoms with E-state index in [0.717, 1.165) is 28.1 Å². The van der Waals surface area contributed by atoms with Gasteiger partial charge in [-0.1, -0.05) is 82.0 Å². The number of aromatic nitrogens is 2. The number of carbonyl (C=O) groups excluding carboxylic acids is 1. The highest BCUT2D eigenvalue weighted by Crippen LogP contribution is 2.36. The normalized spacial score (nSPS) is 15.5. The largest absolute Gasteiger partial charge is 0.293 e. The first kappa shape index (κ1) is 23.5. The Morgan fingerprint density at radius 1 is 1.09 bits per heavy atom. The summed E-state index contributed by atoms with van der Waals surface area (Å²) in [5.41, 5.74) is 6.25. The molecule has 0 aliphatic carbocycles. The molecule has 0 N–H and O–H groups in total. The number of hydrogen-bond acceptors (Lipinski definition) is 4. The van der Waals surface area contributed by atoms with Crippen molar-refractivity contribution in [3.8, 4) is 16.9 Å². The molecule has 0 spiro atoms. The second-order valence-electron chi connectivity index (χ2n) is 9.13. The van der Waals surface area contributed by atoms with Gasteiger partial charge in [-0.3, -0.25) is 9.69 Å². The number of thiocarbonyl (C=S) groups is 1. The zero-order valence-electron chi connectivity index (χ0n) is 19.7. The van der Waals surface area contributed by atoms with E-state index < -0.39 is 0 Å². The number of carbonyl (C=O) groups is 1. The van der Waals surface area contributed by atoms with Crippen LogP contribution in [-0.4, -0.2) is 31.5 Å². The fourth-order valence-corrected chi connectivity index (χ4v) is 5.10. The van der Waals surface area contributed by atoms with Crippen molar-refractivity contribution in [1.82, 2.24) is 14.7 Å². The number of thioether (sulfide) groups is 1. The first-order chi connectivity index (χ1) is 15.7. The number of hydrogen-bond donors (Lipinski definition) is 0. The van der Waals surface area contributed by atoms with E-state index in [4.69, 9.17) is 17.3 Å². The van der Waals surface area contributed by atoms with E-state index in [1.807, 2.05) is 47.3 Å². The average Bonchev–Trinajstić information content (AvgIpc) is 3.31. The quantitative estimate of drug-likeness (QED) is 0.289. The van der Waals surface area contributed by atoms with Crippen molar-refractivity contribution < 1.29 is 4.79 Å². The van der Waals surface area contributed by atoms with Crippen LogP contribution >= 0.6 is 24.0 Å². The molecule has 33 heavy (non-hydrogen) atoms. The fourth-order valence-electron chi connectivity index (χ4n) is 3.83. The van der Waals surface area contributed by atoms with Crippen LogP contribution in [-0.2, 0) is 4.79 Å². The molecule has 1 amide bonds. The van der Waals surface area contributed by atoms with Gasteiger partial charge < -0.3 is 0 Å². The van der Waals surface area contributed by atoms with E-state index in [9.17, 15) is 4.79 Å². The van der Waals surface area contributed by atoms with Crippen molar-refractivity contribution in [2.45, 2.75) is 40.5 Å². The number of nitrogens with zero attached hydrogens (tertiary/aromatic N) is 3. The number of para-hydroxylation sites is 1. The Hall–Kier alpha value is -2.70. The number of benzene rings is 2. The lowest BCUT2D eigenvalue weighted by atomic mass is 9.95. The van der Waals surface area contributed by atoms with Gasteiger partial charge in [-0.2, -0.15) is 5.10 Å². The predicted molar refractivity (Wildman–Crippen MR) is 143 cm³/mol. The van der Waals surface area contributed by atoms with Crippen LogP contribution in [0.3, 0.4) is 0 Å². The fraction of sp³-hybridized carbons (Fsp3) is 0.296. The molecule has 0 bridgehead atoms. The van der Waals surface area contributed by atoms with E-state index in [2.05, 4.69) is 52.8 Å². The average molecular weight is 476 g/mol. The number of aryl methyl sites for hydroxylation is 1. The summed E-state index contributed by atoms with van der Waals surface area (Å²) in [4.78, 5) is 15.5. The molecule has 0 atom stereocenters. The lowest BCUT2D eigenvalue weighted by Gasteiger charge is -2.16. The molecule has 1 fully saturated rings. The molecule has 170 valence electrons. The Morgan fingerprint density at radius 3 is 2.48 bits per heavy atom. The van der Waals surface area contributed by atoms with Gasteiger partial charge in [0.2, 0.25) is 0 Å². The molecule has 6 heteroatoms. The monoisotopic (exact) mass is 475 g/mol. The first-order valence-corrected chi connectivity index (χ1v) is 12.5. The molecular formula is C27H29N3OS2. The highest BCUT2D eigenvalue weighted by Gasteiger charge is 2.32.